The van der Waals surface area contributed by atoms with Crippen molar-refractivity contribution in [2.45, 2.75) is 42.4 Å². The predicted molar refractivity (Wildman–Crippen MR) is 147 cm³/mol. The maximum Gasteiger partial charge on any atom is 0.253 e. The van der Waals surface area contributed by atoms with Crippen LogP contribution in [0.5, 0.6) is 5.75 Å². The van der Waals surface area contributed by atoms with Crippen LogP contribution in [0, 0.1) is 31.6 Å². The molecule has 6 atom stereocenters. The van der Waals surface area contributed by atoms with Gasteiger partial charge in [-0.1, -0.05) is 35.4 Å². The summed E-state index contributed by atoms with van der Waals surface area (Å²) in [6.07, 6.45) is 2.10. The summed E-state index contributed by atoms with van der Waals surface area (Å²) in [6, 6.07) is 9.95. The summed E-state index contributed by atoms with van der Waals surface area (Å²) in [5, 5.41) is 10.9. The lowest BCUT2D eigenvalue weighted by atomic mass is 9.56. The molecule has 0 unspecified atom stereocenters. The first kappa shape index (κ1) is 26.4. The van der Waals surface area contributed by atoms with Crippen LogP contribution in [0.4, 0.5) is 5.69 Å². The Bertz CT molecular complexity index is 1500. The van der Waals surface area contributed by atoms with Gasteiger partial charge in [-0.25, -0.2) is 0 Å². The Morgan fingerprint density at radius 1 is 0.923 bits per heavy atom. The normalized spacial score (nSPS) is 33.7. The summed E-state index contributed by atoms with van der Waals surface area (Å²) in [7, 11) is 1.36. The number of imide groups is 2. The molecule has 2 aliphatic carbocycles. The van der Waals surface area contributed by atoms with Crippen LogP contribution in [-0.4, -0.2) is 50.4 Å². The molecular weight excluding hydrogens is 563 g/mol. The quantitative estimate of drug-likeness (QED) is 0.308. The highest BCUT2D eigenvalue weighted by Crippen LogP contribution is 2.65. The molecule has 1 N–H and O–H groups in total. The van der Waals surface area contributed by atoms with Gasteiger partial charge in [-0.15, -0.1) is 23.2 Å². The van der Waals surface area contributed by atoms with Gasteiger partial charge in [0, 0.05) is 18.0 Å². The van der Waals surface area contributed by atoms with E-state index in [2.05, 4.69) is 0 Å². The highest BCUT2D eigenvalue weighted by Gasteiger charge is 2.75. The molecule has 4 amide bonds. The second kappa shape index (κ2) is 8.56. The number of phenols is 1. The monoisotopic (exact) mass is 586 g/mol. The van der Waals surface area contributed by atoms with Gasteiger partial charge in [-0.3, -0.25) is 29.0 Å². The Hall–Kier alpha value is -2.87. The highest BCUT2D eigenvalue weighted by molar-refractivity contribution is 6.53. The van der Waals surface area contributed by atoms with Crippen LogP contribution in [0.15, 0.2) is 48.0 Å². The summed E-state index contributed by atoms with van der Waals surface area (Å²) < 4.78 is 0. The van der Waals surface area contributed by atoms with Crippen LogP contribution in [0.25, 0.3) is 0 Å². The zero-order valence-corrected chi connectivity index (χ0v) is 23.6. The third kappa shape index (κ3) is 3.30. The van der Waals surface area contributed by atoms with E-state index in [4.69, 9.17) is 34.8 Å². The molecule has 0 bridgehead atoms. The van der Waals surface area contributed by atoms with Crippen molar-refractivity contribution in [3.05, 3.63) is 69.8 Å². The number of rotatable bonds is 2. The molecule has 202 valence electrons. The van der Waals surface area contributed by atoms with Crippen molar-refractivity contribution in [2.75, 3.05) is 11.9 Å². The second-order valence-electron chi connectivity index (χ2n) is 11.0. The van der Waals surface area contributed by atoms with E-state index in [0.717, 1.165) is 4.90 Å². The van der Waals surface area contributed by atoms with E-state index in [-0.39, 0.29) is 30.4 Å². The number of anilines is 1. The average molecular weight is 588 g/mol. The summed E-state index contributed by atoms with van der Waals surface area (Å²) in [5.41, 5.74) is 2.89. The zero-order chi connectivity index (χ0) is 28.2. The number of carbonyl (C=O) groups excluding carboxylic acids is 4. The molecule has 0 aromatic heterocycles. The van der Waals surface area contributed by atoms with Gasteiger partial charge in [0.1, 0.15) is 5.75 Å². The Kier molecular flexibility index (Phi) is 5.79. The Balaban J connectivity index is 1.53. The lowest BCUT2D eigenvalue weighted by Gasteiger charge is -2.51. The van der Waals surface area contributed by atoms with E-state index in [1.54, 1.807) is 50.2 Å². The summed E-state index contributed by atoms with van der Waals surface area (Å²) >= 11 is 20.4. The Morgan fingerprint density at radius 3 is 2.15 bits per heavy atom. The molecule has 0 radical (unpaired) electrons. The first-order valence-electron chi connectivity index (χ1n) is 12.7. The number of likely N-dealkylation sites (tertiary alicyclic amines) is 1. The molecule has 39 heavy (non-hydrogen) atoms. The molecule has 6 rings (SSSR count). The molecule has 0 spiro atoms. The number of nitrogens with zero attached hydrogens (tertiary/aromatic N) is 2. The fourth-order valence-corrected chi connectivity index (χ4v) is 8.26. The van der Waals surface area contributed by atoms with Crippen molar-refractivity contribution < 1.29 is 24.3 Å². The van der Waals surface area contributed by atoms with Crippen LogP contribution in [0.2, 0.25) is 5.02 Å². The van der Waals surface area contributed by atoms with Gasteiger partial charge >= 0.3 is 0 Å². The van der Waals surface area contributed by atoms with Crippen LogP contribution in [-0.2, 0) is 19.2 Å². The summed E-state index contributed by atoms with van der Waals surface area (Å²) in [5.74, 6) is -4.72. The van der Waals surface area contributed by atoms with Crippen LogP contribution < -0.4 is 4.90 Å². The number of halogens is 3. The molecule has 2 heterocycles. The van der Waals surface area contributed by atoms with E-state index in [9.17, 15) is 24.3 Å². The number of hydrogen-bond donors (Lipinski definition) is 1. The lowest BCUT2D eigenvalue weighted by molar-refractivity contribution is -0.138. The van der Waals surface area contributed by atoms with Gasteiger partial charge in [0.25, 0.3) is 11.8 Å². The topological polar surface area (TPSA) is 95.0 Å². The molecule has 7 nitrogen and oxygen atoms in total. The van der Waals surface area contributed by atoms with Crippen molar-refractivity contribution >= 4 is 64.1 Å². The van der Waals surface area contributed by atoms with E-state index in [1.807, 2.05) is 6.08 Å². The minimum atomic E-state index is -1.85. The first-order valence-corrected chi connectivity index (χ1v) is 13.8. The van der Waals surface area contributed by atoms with Gasteiger partial charge in [0.15, 0.2) is 9.75 Å². The second-order valence-corrected chi connectivity index (χ2v) is 12.7. The number of phenolic OH excluding ortho intramolecular Hbond substituents is 1. The minimum absolute atomic E-state index is 0.0694. The van der Waals surface area contributed by atoms with Gasteiger partial charge in [-0.05, 0) is 73.6 Å². The molecule has 3 fully saturated rings. The predicted octanol–water partition coefficient (Wildman–Crippen LogP) is 4.86. The van der Waals surface area contributed by atoms with Gasteiger partial charge in [0.2, 0.25) is 11.8 Å². The smallest absolute Gasteiger partial charge is 0.253 e. The third-order valence-electron chi connectivity index (χ3n) is 8.95. The van der Waals surface area contributed by atoms with E-state index < -0.39 is 45.2 Å². The average Bonchev–Trinajstić information content (AvgIpc) is 3.22. The molecule has 2 aromatic rings. The highest BCUT2D eigenvalue weighted by atomic mass is 35.5. The Labute approximate surface area is 240 Å². The fourth-order valence-electron chi connectivity index (χ4n) is 7.12. The van der Waals surface area contributed by atoms with Crippen LogP contribution >= 0.6 is 34.8 Å². The summed E-state index contributed by atoms with van der Waals surface area (Å²) in [4.78, 5) is 53.1. The number of alkyl halides is 2. The van der Waals surface area contributed by atoms with E-state index in [0.29, 0.717) is 33.0 Å². The molecule has 2 aliphatic heterocycles. The number of fused-ring (bicyclic) bond motifs is 4. The van der Waals surface area contributed by atoms with Crippen molar-refractivity contribution in [3.63, 3.8) is 0 Å². The number of aromatic hydroxyl groups is 1. The number of amides is 4. The minimum Gasteiger partial charge on any atom is -0.507 e. The largest absolute Gasteiger partial charge is 0.507 e. The summed E-state index contributed by atoms with van der Waals surface area (Å²) in [6.45, 7) is 3.48. The maximum atomic E-state index is 13.9. The van der Waals surface area contributed by atoms with Crippen molar-refractivity contribution in [1.82, 2.24) is 4.90 Å². The maximum absolute atomic E-state index is 13.9. The fraction of sp³-hybridized carbons (Fsp3) is 0.379. The number of aryl methyl sites for hydroxylation is 2. The SMILES string of the molecule is Cc1cc([C@H]2C3=CC[C@@H]4C(=O)N(c5ccc(Cl)cc5)C(=O)[C@@H]4[C@@H]3C[C@@]3(Cl)C(=O)N(C)C(=O)[C@@]23Cl)cc(C)c1O. The number of allylic oxidation sites excluding steroid dienone is 2. The molecular formula is C29H25Cl3N2O5. The number of carbonyl (C=O) groups is 4. The Morgan fingerprint density at radius 2 is 1.54 bits per heavy atom. The van der Waals surface area contributed by atoms with Gasteiger partial charge in [-0.2, -0.15) is 0 Å². The van der Waals surface area contributed by atoms with Gasteiger partial charge < -0.3 is 5.11 Å². The van der Waals surface area contributed by atoms with Gasteiger partial charge in [0.05, 0.1) is 17.5 Å². The third-order valence-corrected chi connectivity index (χ3v) is 10.6. The molecule has 4 aliphatic rings. The van der Waals surface area contributed by atoms with Crippen LogP contribution in [0.3, 0.4) is 0 Å². The molecule has 2 aromatic carbocycles. The molecule has 2 saturated heterocycles. The van der Waals surface area contributed by atoms with Crippen LogP contribution in [0.1, 0.15) is 35.4 Å². The van der Waals surface area contributed by atoms with E-state index >= 15 is 0 Å². The van der Waals surface area contributed by atoms with Crippen molar-refractivity contribution in [3.8, 4) is 5.75 Å². The van der Waals surface area contributed by atoms with Crippen molar-refractivity contribution in [1.29, 1.82) is 0 Å². The standard InChI is InChI=1S/C29H25Cl3N2O5/c1-13-10-15(11-14(2)23(13)35)22-18-8-9-19-21(25(37)34(24(19)36)17-6-4-16(30)5-7-17)20(18)12-28(31)26(38)33(3)27(39)29(22,28)32/h4-8,10-11,19-22,35H,9,12H2,1-3H3/t19-,20+,21-,22-,28+,29-/m0/s1. The molecule has 10 heteroatoms. The molecule has 1 saturated carbocycles. The zero-order valence-electron chi connectivity index (χ0n) is 21.4. The number of benzene rings is 2. The first-order chi connectivity index (χ1) is 18.3. The lowest BCUT2D eigenvalue weighted by Crippen LogP contribution is -2.60. The van der Waals surface area contributed by atoms with E-state index in [1.165, 1.54) is 11.9 Å². The number of hydrogen-bond acceptors (Lipinski definition) is 5. The van der Waals surface area contributed by atoms with Crippen molar-refractivity contribution in [2.24, 2.45) is 17.8 Å².